The molecule has 208 valence electrons. The molecule has 7 nitrogen and oxygen atoms in total. The minimum absolute atomic E-state index is 0.0205. The highest BCUT2D eigenvalue weighted by atomic mass is 19.4. The first-order chi connectivity index (χ1) is 17.4. The lowest BCUT2D eigenvalue weighted by atomic mass is 9.90. The molecule has 0 aromatic heterocycles. The van der Waals surface area contributed by atoms with Crippen LogP contribution in [0.25, 0.3) is 0 Å². The summed E-state index contributed by atoms with van der Waals surface area (Å²) in [6.07, 6.45) is -15.7. The van der Waals surface area contributed by atoms with Crippen LogP contribution in [0.15, 0.2) is 30.3 Å². The lowest BCUT2D eigenvalue weighted by Gasteiger charge is -2.42. The Balaban J connectivity index is 1.63. The van der Waals surface area contributed by atoms with Crippen molar-refractivity contribution in [1.82, 2.24) is 16.2 Å². The van der Waals surface area contributed by atoms with Gasteiger partial charge in [-0.1, -0.05) is 30.3 Å². The van der Waals surface area contributed by atoms with Crippen LogP contribution in [0.3, 0.4) is 0 Å². The van der Waals surface area contributed by atoms with E-state index >= 15 is 0 Å². The molecule has 3 aliphatic rings. The first-order valence-corrected chi connectivity index (χ1v) is 12.3. The average molecular weight is 540 g/mol. The summed E-state index contributed by atoms with van der Waals surface area (Å²) in [6, 6.07) is 7.44. The predicted molar refractivity (Wildman–Crippen MR) is 118 cm³/mol. The molecule has 3 fully saturated rings. The summed E-state index contributed by atoms with van der Waals surface area (Å²) >= 11 is 0. The first-order valence-electron chi connectivity index (χ1n) is 12.3. The Morgan fingerprint density at radius 1 is 1.00 bits per heavy atom. The number of benzene rings is 1. The molecule has 3 saturated heterocycles. The number of carbonyl (C=O) groups excluding carboxylic acids is 1. The zero-order valence-electron chi connectivity index (χ0n) is 20.2. The smallest absolute Gasteiger partial charge is 0.360 e. The third kappa shape index (κ3) is 6.45. The van der Waals surface area contributed by atoms with E-state index in [2.05, 4.69) is 16.2 Å². The number of piperidine rings is 1. The van der Waals surface area contributed by atoms with Crippen LogP contribution in [-0.2, 0) is 25.6 Å². The van der Waals surface area contributed by atoms with Crippen LogP contribution in [0.1, 0.15) is 51.0 Å². The van der Waals surface area contributed by atoms with E-state index in [1.807, 2.05) is 0 Å². The number of hydrazine groups is 1. The van der Waals surface area contributed by atoms with Crippen molar-refractivity contribution >= 4 is 5.78 Å². The molecule has 3 heterocycles. The second-order valence-electron chi connectivity index (χ2n) is 9.86. The minimum Gasteiger partial charge on any atom is -0.360 e. The summed E-state index contributed by atoms with van der Waals surface area (Å²) in [5.74, 6) is -2.48. The molecule has 5 unspecified atom stereocenters. The van der Waals surface area contributed by atoms with Crippen molar-refractivity contribution in [3.05, 3.63) is 35.9 Å². The molecule has 4 rings (SSSR count). The van der Waals surface area contributed by atoms with Crippen LogP contribution >= 0.6 is 0 Å². The van der Waals surface area contributed by atoms with Crippen LogP contribution in [0.2, 0.25) is 0 Å². The molecule has 0 amide bonds. The highest BCUT2D eigenvalue weighted by Crippen LogP contribution is 2.43. The van der Waals surface area contributed by atoms with Gasteiger partial charge in [-0.05, 0) is 38.2 Å². The maximum Gasteiger partial charge on any atom is 0.421 e. The van der Waals surface area contributed by atoms with Gasteiger partial charge >= 0.3 is 12.4 Å². The van der Waals surface area contributed by atoms with Crippen molar-refractivity contribution in [2.24, 2.45) is 5.92 Å². The van der Waals surface area contributed by atoms with Gasteiger partial charge in [-0.2, -0.15) is 26.3 Å². The summed E-state index contributed by atoms with van der Waals surface area (Å²) in [5, 5.41) is 2.80. The quantitative estimate of drug-likeness (QED) is 0.500. The van der Waals surface area contributed by atoms with Crippen molar-refractivity contribution in [2.45, 2.75) is 101 Å². The van der Waals surface area contributed by atoms with E-state index in [0.29, 0.717) is 5.56 Å². The van der Waals surface area contributed by atoms with Crippen molar-refractivity contribution in [1.29, 1.82) is 0 Å². The molecule has 13 heteroatoms. The summed E-state index contributed by atoms with van der Waals surface area (Å²) in [5.41, 5.74) is 2.53. The van der Waals surface area contributed by atoms with E-state index in [9.17, 15) is 31.1 Å². The lowest BCUT2D eigenvalue weighted by molar-refractivity contribution is -0.318. The van der Waals surface area contributed by atoms with Crippen LogP contribution in [-0.4, -0.2) is 54.6 Å². The van der Waals surface area contributed by atoms with Crippen molar-refractivity contribution < 1.29 is 45.3 Å². The fourth-order valence-electron chi connectivity index (χ4n) is 5.05. The molecule has 0 aliphatic carbocycles. The van der Waals surface area contributed by atoms with Crippen molar-refractivity contribution in [3.63, 3.8) is 0 Å². The van der Waals surface area contributed by atoms with Crippen LogP contribution in [0, 0.1) is 5.92 Å². The molecule has 0 spiro atoms. The lowest BCUT2D eigenvalue weighted by Crippen LogP contribution is -2.62. The third-order valence-electron chi connectivity index (χ3n) is 7.11. The monoisotopic (exact) mass is 539 g/mol. The van der Waals surface area contributed by atoms with Gasteiger partial charge in [-0.15, -0.1) is 0 Å². The second kappa shape index (κ2) is 11.1. The Bertz CT molecular complexity index is 918. The zero-order valence-corrected chi connectivity index (χ0v) is 20.2. The van der Waals surface area contributed by atoms with Crippen LogP contribution < -0.4 is 16.2 Å². The third-order valence-corrected chi connectivity index (χ3v) is 7.11. The molecule has 0 radical (unpaired) electrons. The van der Waals surface area contributed by atoms with Crippen LogP contribution in [0.4, 0.5) is 26.3 Å². The number of ether oxygens (including phenoxy) is 3. The Morgan fingerprint density at radius 2 is 1.73 bits per heavy atom. The zero-order chi connectivity index (χ0) is 26.8. The Hall–Kier alpha value is -1.77. The summed E-state index contributed by atoms with van der Waals surface area (Å²) in [4.78, 5) is 12.8. The standard InChI is InChI=1S/C24H31F6N3O4/c1-14-6-5-9-16(34)12-22(24(28,29)30,35-13-15-7-3-2-4-8-15)21-33-32-20(37-21)18-11-10-17(23(25,26)27)19(31-18)36-14/h2-4,7-8,14,17-21,31-33H,5-6,9-13H2,1H3/t14-,17?,18?,19?,20?,21?,22-/m1/s1. The molecule has 7 atom stereocenters. The van der Waals surface area contributed by atoms with Gasteiger partial charge in [0.15, 0.2) is 6.23 Å². The number of hydrogen-bond donors (Lipinski definition) is 3. The first kappa shape index (κ1) is 28.2. The molecule has 3 N–H and O–H groups in total. The number of Topliss-reactive ketones (excluding diaryl/α,β-unsaturated/α-hetero) is 1. The van der Waals surface area contributed by atoms with Crippen LogP contribution in [0.5, 0.6) is 0 Å². The molecule has 0 saturated carbocycles. The van der Waals surface area contributed by atoms with E-state index in [1.165, 1.54) is 0 Å². The second-order valence-corrected chi connectivity index (χ2v) is 9.86. The van der Waals surface area contributed by atoms with Gasteiger partial charge in [-0.25, -0.2) is 10.9 Å². The fourth-order valence-corrected chi connectivity index (χ4v) is 5.05. The largest absolute Gasteiger partial charge is 0.421 e. The molecular formula is C24H31F6N3O4. The van der Waals surface area contributed by atoms with Gasteiger partial charge in [0.1, 0.15) is 18.2 Å². The molecular weight excluding hydrogens is 508 g/mol. The molecule has 1 aromatic rings. The van der Waals surface area contributed by atoms with E-state index in [4.69, 9.17) is 14.2 Å². The number of alkyl halides is 6. The number of halogens is 6. The number of fused-ring (bicyclic) bond motifs is 5. The topological polar surface area (TPSA) is 80.9 Å². The van der Waals surface area contributed by atoms with E-state index in [-0.39, 0.29) is 32.1 Å². The van der Waals surface area contributed by atoms with E-state index in [0.717, 1.165) is 0 Å². The Kier molecular flexibility index (Phi) is 8.51. The highest BCUT2D eigenvalue weighted by Gasteiger charge is 2.64. The van der Waals surface area contributed by atoms with E-state index < -0.39 is 73.5 Å². The van der Waals surface area contributed by atoms with Gasteiger partial charge in [0.25, 0.3) is 0 Å². The average Bonchev–Trinajstić information content (AvgIpc) is 3.31. The number of rotatable bonds is 3. The fraction of sp³-hybridized carbons (Fsp3) is 0.708. The van der Waals surface area contributed by atoms with Gasteiger partial charge < -0.3 is 14.2 Å². The number of carbonyl (C=O) groups is 1. The normalized spacial score (nSPS) is 36.2. The Morgan fingerprint density at radius 3 is 2.41 bits per heavy atom. The summed E-state index contributed by atoms with van der Waals surface area (Å²) in [6.45, 7) is 1.15. The van der Waals surface area contributed by atoms with Gasteiger partial charge in [0, 0.05) is 12.8 Å². The number of nitrogens with one attached hydrogen (secondary N) is 3. The SMILES string of the molecule is C[C@@H]1CCCC(=O)C[C@](OCc2ccccc2)(C(F)(F)F)C2NNC(O2)C2CCC(C(F)(F)F)C(N2)O1. The van der Waals surface area contributed by atoms with E-state index in [1.54, 1.807) is 37.3 Å². The summed E-state index contributed by atoms with van der Waals surface area (Å²) in [7, 11) is 0. The number of hydrogen-bond acceptors (Lipinski definition) is 7. The van der Waals surface area contributed by atoms with Crippen molar-refractivity contribution in [2.75, 3.05) is 0 Å². The van der Waals surface area contributed by atoms with Gasteiger partial charge in [-0.3, -0.25) is 10.1 Å². The predicted octanol–water partition coefficient (Wildman–Crippen LogP) is 4.09. The molecule has 3 aliphatic heterocycles. The maximum atomic E-state index is 14.7. The van der Waals surface area contributed by atoms with Gasteiger partial charge in [0.05, 0.1) is 24.7 Å². The highest BCUT2D eigenvalue weighted by molar-refractivity contribution is 5.79. The number of ketones is 1. The Labute approximate surface area is 210 Å². The molecule has 4 bridgehead atoms. The molecule has 37 heavy (non-hydrogen) atoms. The summed E-state index contributed by atoms with van der Waals surface area (Å²) < 4.78 is 102. The minimum atomic E-state index is -5.01. The van der Waals surface area contributed by atoms with Crippen molar-refractivity contribution in [3.8, 4) is 0 Å². The molecule has 1 aromatic carbocycles. The van der Waals surface area contributed by atoms with Gasteiger partial charge in [0.2, 0.25) is 5.60 Å². The maximum absolute atomic E-state index is 14.7.